The van der Waals surface area contributed by atoms with Gasteiger partial charge >= 0.3 is 11.9 Å². The second kappa shape index (κ2) is 8.29. The summed E-state index contributed by atoms with van der Waals surface area (Å²) in [6, 6.07) is 7.97. The Kier molecular flexibility index (Phi) is 5.84. The third kappa shape index (κ3) is 3.84. The molecule has 1 saturated carbocycles. The van der Waals surface area contributed by atoms with Gasteiger partial charge in [0.1, 0.15) is 16.9 Å². The van der Waals surface area contributed by atoms with Gasteiger partial charge in [0.15, 0.2) is 0 Å². The van der Waals surface area contributed by atoms with Crippen LogP contribution < -0.4 is 5.32 Å². The molecule has 1 fully saturated rings. The Balaban J connectivity index is 2.16. The number of hydrogen-bond acceptors (Lipinski definition) is 5. The van der Waals surface area contributed by atoms with Crippen LogP contribution in [0.5, 0.6) is 0 Å². The van der Waals surface area contributed by atoms with Crippen molar-refractivity contribution >= 4 is 17.8 Å². The number of hydrogen-bond donors (Lipinski definition) is 2. The molecule has 1 aliphatic carbocycles. The Morgan fingerprint density at radius 3 is 2.26 bits per heavy atom. The predicted molar refractivity (Wildman–Crippen MR) is 104 cm³/mol. The molecule has 0 aliphatic heterocycles. The maximum absolute atomic E-state index is 12.6. The molecule has 0 spiro atoms. The molecule has 2 aromatic rings. The van der Waals surface area contributed by atoms with Crippen LogP contribution in [0.1, 0.15) is 58.4 Å². The molecule has 0 radical (unpaired) electrons. The monoisotopic (exact) mass is 370 g/mol. The Morgan fingerprint density at radius 2 is 1.63 bits per heavy atom. The third-order valence-corrected chi connectivity index (χ3v) is 5.15. The summed E-state index contributed by atoms with van der Waals surface area (Å²) in [6.45, 7) is 1.96. The average Bonchev–Trinajstić information content (AvgIpc) is 3.06. The highest BCUT2D eigenvalue weighted by Crippen LogP contribution is 2.35. The first-order valence-corrected chi connectivity index (χ1v) is 9.32. The van der Waals surface area contributed by atoms with Gasteiger partial charge < -0.3 is 19.8 Å². The standard InChI is InChI=1S/C21H26N2O4/c1-13-9-7-8-12-15(13)18-16(20(24)26-2)17(21(25)27-3)19(23-18)22-14-10-5-4-6-11-14/h7-9,12,14,22-23H,4-6,10-11H2,1-3H3. The van der Waals surface area contributed by atoms with Crippen molar-refractivity contribution in [2.45, 2.75) is 45.1 Å². The smallest absolute Gasteiger partial charge is 0.342 e. The summed E-state index contributed by atoms with van der Waals surface area (Å²) < 4.78 is 9.96. The maximum Gasteiger partial charge on any atom is 0.342 e. The Labute approximate surface area is 159 Å². The molecule has 1 aromatic carbocycles. The summed E-state index contributed by atoms with van der Waals surface area (Å²) in [5.74, 6) is -0.612. The Morgan fingerprint density at radius 1 is 1.00 bits per heavy atom. The molecule has 6 nitrogen and oxygen atoms in total. The van der Waals surface area contributed by atoms with E-state index in [0.29, 0.717) is 11.5 Å². The van der Waals surface area contributed by atoms with Gasteiger partial charge in [-0.15, -0.1) is 0 Å². The van der Waals surface area contributed by atoms with E-state index in [9.17, 15) is 9.59 Å². The molecule has 0 amide bonds. The summed E-state index contributed by atoms with van der Waals surface area (Å²) >= 11 is 0. The SMILES string of the molecule is COC(=O)c1c(NC2CCCCC2)[nH]c(-c2ccccc2C)c1C(=O)OC. The fraction of sp³-hybridized carbons (Fsp3) is 0.429. The first-order chi connectivity index (χ1) is 13.1. The van der Waals surface area contributed by atoms with E-state index >= 15 is 0 Å². The minimum atomic E-state index is -0.568. The number of aromatic nitrogens is 1. The fourth-order valence-electron chi connectivity index (χ4n) is 3.73. The van der Waals surface area contributed by atoms with Crippen molar-refractivity contribution in [2.75, 3.05) is 19.5 Å². The number of benzene rings is 1. The van der Waals surface area contributed by atoms with Gasteiger partial charge in [-0.3, -0.25) is 0 Å². The van der Waals surface area contributed by atoms with E-state index < -0.39 is 11.9 Å². The first-order valence-electron chi connectivity index (χ1n) is 9.32. The number of aryl methyl sites for hydroxylation is 1. The van der Waals surface area contributed by atoms with Gasteiger partial charge in [-0.25, -0.2) is 9.59 Å². The minimum absolute atomic E-state index is 0.202. The fourth-order valence-corrected chi connectivity index (χ4v) is 3.73. The number of methoxy groups -OCH3 is 2. The van der Waals surface area contributed by atoms with Crippen molar-refractivity contribution in [3.63, 3.8) is 0 Å². The van der Waals surface area contributed by atoms with E-state index in [1.165, 1.54) is 20.6 Å². The van der Waals surface area contributed by atoms with Crippen LogP contribution in [0.2, 0.25) is 0 Å². The number of esters is 2. The lowest BCUT2D eigenvalue weighted by Gasteiger charge is -2.23. The Bertz CT molecular complexity index is 835. The van der Waals surface area contributed by atoms with Crippen LogP contribution in [0, 0.1) is 6.92 Å². The summed E-state index contributed by atoms with van der Waals surface area (Å²) in [6.07, 6.45) is 5.61. The number of nitrogens with one attached hydrogen (secondary N) is 2. The molecule has 3 rings (SSSR count). The summed E-state index contributed by atoms with van der Waals surface area (Å²) in [4.78, 5) is 28.4. The first kappa shape index (κ1) is 19.0. The van der Waals surface area contributed by atoms with Crippen molar-refractivity contribution in [2.24, 2.45) is 0 Å². The van der Waals surface area contributed by atoms with E-state index in [-0.39, 0.29) is 17.2 Å². The normalized spacial score (nSPS) is 14.6. The lowest BCUT2D eigenvalue weighted by atomic mass is 9.95. The van der Waals surface area contributed by atoms with Gasteiger partial charge in [0, 0.05) is 11.6 Å². The van der Waals surface area contributed by atoms with E-state index in [0.717, 1.165) is 36.8 Å². The van der Waals surface area contributed by atoms with Crippen LogP contribution in [0.4, 0.5) is 5.82 Å². The summed E-state index contributed by atoms with van der Waals surface area (Å²) in [5, 5.41) is 3.43. The second-order valence-corrected chi connectivity index (χ2v) is 6.90. The zero-order chi connectivity index (χ0) is 19.4. The molecule has 0 bridgehead atoms. The zero-order valence-corrected chi connectivity index (χ0v) is 16.1. The van der Waals surface area contributed by atoms with Crippen LogP contribution >= 0.6 is 0 Å². The number of carbonyl (C=O) groups excluding carboxylic acids is 2. The quantitative estimate of drug-likeness (QED) is 0.767. The molecule has 0 saturated heterocycles. The molecule has 0 atom stereocenters. The molecule has 2 N–H and O–H groups in total. The highest BCUT2D eigenvalue weighted by molar-refractivity contribution is 6.11. The van der Waals surface area contributed by atoms with Crippen molar-refractivity contribution < 1.29 is 19.1 Å². The molecule has 27 heavy (non-hydrogen) atoms. The molecule has 1 aromatic heterocycles. The molecule has 6 heteroatoms. The maximum atomic E-state index is 12.6. The molecule has 1 aliphatic rings. The average molecular weight is 370 g/mol. The predicted octanol–water partition coefficient (Wildman–Crippen LogP) is 4.31. The summed E-state index contributed by atoms with van der Waals surface area (Å²) in [5.41, 5.74) is 2.81. The van der Waals surface area contributed by atoms with Gasteiger partial charge in [-0.05, 0) is 25.3 Å². The molecular weight excluding hydrogens is 344 g/mol. The second-order valence-electron chi connectivity index (χ2n) is 6.90. The van der Waals surface area contributed by atoms with Gasteiger partial charge in [-0.2, -0.15) is 0 Å². The highest BCUT2D eigenvalue weighted by Gasteiger charge is 2.31. The Hall–Kier alpha value is -2.76. The third-order valence-electron chi connectivity index (χ3n) is 5.15. The van der Waals surface area contributed by atoms with Crippen molar-refractivity contribution in [3.05, 3.63) is 41.0 Å². The van der Waals surface area contributed by atoms with Gasteiger partial charge in [0.25, 0.3) is 0 Å². The number of carbonyl (C=O) groups is 2. The number of aromatic amines is 1. The molecule has 144 valence electrons. The van der Waals surface area contributed by atoms with Gasteiger partial charge in [0.2, 0.25) is 0 Å². The summed E-state index contributed by atoms with van der Waals surface area (Å²) in [7, 11) is 2.63. The topological polar surface area (TPSA) is 80.4 Å². The van der Waals surface area contributed by atoms with Crippen LogP contribution in [0.3, 0.4) is 0 Å². The number of rotatable bonds is 5. The number of anilines is 1. The van der Waals surface area contributed by atoms with E-state index in [2.05, 4.69) is 10.3 Å². The van der Waals surface area contributed by atoms with Gasteiger partial charge in [0.05, 0.1) is 19.9 Å². The van der Waals surface area contributed by atoms with Crippen LogP contribution in [0.25, 0.3) is 11.3 Å². The van der Waals surface area contributed by atoms with Crippen molar-refractivity contribution in [3.8, 4) is 11.3 Å². The molecule has 0 unspecified atom stereocenters. The van der Waals surface area contributed by atoms with E-state index in [1.807, 2.05) is 31.2 Å². The number of ether oxygens (including phenoxy) is 2. The van der Waals surface area contributed by atoms with Crippen LogP contribution in [-0.2, 0) is 9.47 Å². The minimum Gasteiger partial charge on any atom is -0.465 e. The van der Waals surface area contributed by atoms with Gasteiger partial charge in [-0.1, -0.05) is 43.5 Å². The molecular formula is C21H26N2O4. The molecule has 1 heterocycles. The van der Waals surface area contributed by atoms with Crippen LogP contribution in [-0.4, -0.2) is 37.2 Å². The van der Waals surface area contributed by atoms with E-state index in [4.69, 9.17) is 9.47 Å². The lowest BCUT2D eigenvalue weighted by molar-refractivity contribution is 0.0558. The highest BCUT2D eigenvalue weighted by atomic mass is 16.5. The number of H-pyrrole nitrogens is 1. The van der Waals surface area contributed by atoms with Crippen molar-refractivity contribution in [1.82, 2.24) is 4.98 Å². The zero-order valence-electron chi connectivity index (χ0n) is 16.1. The van der Waals surface area contributed by atoms with Crippen LogP contribution in [0.15, 0.2) is 24.3 Å². The largest absolute Gasteiger partial charge is 0.465 e. The van der Waals surface area contributed by atoms with E-state index in [1.54, 1.807) is 0 Å². The lowest BCUT2D eigenvalue weighted by Crippen LogP contribution is -2.24. The van der Waals surface area contributed by atoms with Crippen molar-refractivity contribution in [1.29, 1.82) is 0 Å².